The summed E-state index contributed by atoms with van der Waals surface area (Å²) in [5, 5.41) is 25.9. The lowest BCUT2D eigenvalue weighted by atomic mass is 9.82. The Balaban J connectivity index is 1.60. The van der Waals surface area contributed by atoms with Crippen LogP contribution < -0.4 is 5.32 Å². The number of carbonyl (C=O) groups excluding carboxylic acids is 1. The second-order valence-electron chi connectivity index (χ2n) is 7.73. The molecule has 1 saturated heterocycles. The molecule has 1 amide bonds. The highest BCUT2D eigenvalue weighted by Crippen LogP contribution is 2.43. The van der Waals surface area contributed by atoms with E-state index in [-0.39, 0.29) is 12.3 Å². The summed E-state index contributed by atoms with van der Waals surface area (Å²) < 4.78 is 0. The standard InChI is InChI=1S/C22H25ClN2O3/c1-2-22(28,17-8-9-18-16(20(17)23)14-19(26)24-18)25-12-10-21(27,11-13-25)15-6-4-3-5-7-15/h3-9,27-28H,2,10-14H2,1H3,(H,24,26)/t22-/m0/s1. The number of halogens is 1. The summed E-state index contributed by atoms with van der Waals surface area (Å²) >= 11 is 6.63. The number of nitrogens with zero attached hydrogens (tertiary/aromatic N) is 1. The van der Waals surface area contributed by atoms with Crippen molar-refractivity contribution in [3.63, 3.8) is 0 Å². The van der Waals surface area contributed by atoms with Crippen LogP contribution in [-0.4, -0.2) is 34.1 Å². The van der Waals surface area contributed by atoms with Crippen LogP contribution in [0, 0.1) is 0 Å². The predicted octanol–water partition coefficient (Wildman–Crippen LogP) is 3.37. The van der Waals surface area contributed by atoms with Crippen LogP contribution in [0.5, 0.6) is 0 Å². The number of benzene rings is 2. The molecule has 148 valence electrons. The molecular formula is C22H25ClN2O3. The zero-order chi connectivity index (χ0) is 19.9. The largest absolute Gasteiger partial charge is 0.385 e. The van der Waals surface area contributed by atoms with Crippen LogP contribution in [-0.2, 0) is 22.5 Å². The zero-order valence-corrected chi connectivity index (χ0v) is 16.7. The van der Waals surface area contributed by atoms with Gasteiger partial charge in [-0.05, 0) is 30.9 Å². The molecule has 0 bridgehead atoms. The molecule has 6 heteroatoms. The lowest BCUT2D eigenvalue weighted by Crippen LogP contribution is -2.53. The number of likely N-dealkylation sites (tertiary alicyclic amines) is 1. The first-order valence-corrected chi connectivity index (χ1v) is 10.1. The third kappa shape index (κ3) is 3.12. The van der Waals surface area contributed by atoms with Gasteiger partial charge < -0.3 is 15.5 Å². The maximum absolute atomic E-state index is 11.7. The number of anilines is 1. The summed E-state index contributed by atoms with van der Waals surface area (Å²) in [6, 6.07) is 13.3. The van der Waals surface area contributed by atoms with Gasteiger partial charge in [-0.3, -0.25) is 9.69 Å². The molecule has 0 aliphatic carbocycles. The van der Waals surface area contributed by atoms with E-state index in [9.17, 15) is 15.0 Å². The first kappa shape index (κ1) is 19.4. The molecule has 2 aliphatic rings. The summed E-state index contributed by atoms with van der Waals surface area (Å²) in [7, 11) is 0. The van der Waals surface area contributed by atoms with Gasteiger partial charge >= 0.3 is 0 Å². The Hall–Kier alpha value is -1.92. The third-order valence-corrected chi connectivity index (χ3v) is 6.64. The van der Waals surface area contributed by atoms with E-state index >= 15 is 0 Å². The van der Waals surface area contributed by atoms with Gasteiger partial charge in [0.1, 0.15) is 5.72 Å². The summed E-state index contributed by atoms with van der Waals surface area (Å²) in [5.41, 5.74) is 0.871. The number of piperidine rings is 1. The quantitative estimate of drug-likeness (QED) is 0.735. The van der Waals surface area contributed by atoms with E-state index in [0.717, 1.165) is 11.1 Å². The molecule has 0 spiro atoms. The summed E-state index contributed by atoms with van der Waals surface area (Å²) in [5.74, 6) is -0.0833. The molecule has 28 heavy (non-hydrogen) atoms. The summed E-state index contributed by atoms with van der Waals surface area (Å²) in [4.78, 5) is 13.7. The molecule has 0 unspecified atom stereocenters. The number of carbonyl (C=O) groups is 1. The molecule has 0 aromatic heterocycles. The first-order valence-electron chi connectivity index (χ1n) is 9.74. The van der Waals surface area contributed by atoms with E-state index in [1.165, 1.54) is 0 Å². The number of hydrogen-bond donors (Lipinski definition) is 3. The Morgan fingerprint density at radius 2 is 1.86 bits per heavy atom. The molecule has 1 fully saturated rings. The van der Waals surface area contributed by atoms with E-state index < -0.39 is 11.3 Å². The molecule has 3 N–H and O–H groups in total. The van der Waals surface area contributed by atoms with Gasteiger partial charge in [-0.15, -0.1) is 0 Å². The molecule has 2 aliphatic heterocycles. The van der Waals surface area contributed by atoms with Crippen LogP contribution in [0.15, 0.2) is 42.5 Å². The van der Waals surface area contributed by atoms with Crippen molar-refractivity contribution in [3.05, 3.63) is 64.2 Å². The van der Waals surface area contributed by atoms with E-state index in [2.05, 4.69) is 5.32 Å². The van der Waals surface area contributed by atoms with Crippen LogP contribution in [0.4, 0.5) is 5.69 Å². The number of fused-ring (bicyclic) bond motifs is 1. The number of rotatable bonds is 4. The second kappa shape index (κ2) is 7.16. The molecule has 2 aromatic carbocycles. The van der Waals surface area contributed by atoms with Crippen molar-refractivity contribution in [1.82, 2.24) is 4.90 Å². The van der Waals surface area contributed by atoms with Crippen molar-refractivity contribution < 1.29 is 15.0 Å². The Labute approximate surface area is 169 Å². The molecule has 2 heterocycles. The van der Waals surface area contributed by atoms with Gasteiger partial charge in [0.05, 0.1) is 17.0 Å². The third-order valence-electron chi connectivity index (χ3n) is 6.20. The molecule has 0 saturated carbocycles. The molecule has 2 aromatic rings. The average Bonchev–Trinajstić information content (AvgIpc) is 3.10. The van der Waals surface area contributed by atoms with Gasteiger partial charge in [0.25, 0.3) is 0 Å². The zero-order valence-electron chi connectivity index (χ0n) is 15.9. The summed E-state index contributed by atoms with van der Waals surface area (Å²) in [6.07, 6.45) is 1.75. The molecule has 1 atom stereocenters. The fraction of sp³-hybridized carbons (Fsp3) is 0.409. The van der Waals surface area contributed by atoms with Crippen molar-refractivity contribution >= 4 is 23.2 Å². The lowest BCUT2D eigenvalue weighted by molar-refractivity contribution is -0.153. The maximum Gasteiger partial charge on any atom is 0.228 e. The molecular weight excluding hydrogens is 376 g/mol. The normalized spacial score (nSPS) is 21.1. The first-order chi connectivity index (χ1) is 13.4. The van der Waals surface area contributed by atoms with Gasteiger partial charge in [-0.2, -0.15) is 0 Å². The SMILES string of the molecule is CC[C@](O)(c1ccc2c(c1Cl)CC(=O)N2)N1CCC(O)(c2ccccc2)CC1. The number of amides is 1. The van der Waals surface area contributed by atoms with Gasteiger partial charge in [-0.1, -0.05) is 54.9 Å². The predicted molar refractivity (Wildman–Crippen MR) is 109 cm³/mol. The highest BCUT2D eigenvalue weighted by Gasteiger charge is 2.43. The Morgan fingerprint density at radius 3 is 2.50 bits per heavy atom. The smallest absolute Gasteiger partial charge is 0.228 e. The van der Waals surface area contributed by atoms with Crippen molar-refractivity contribution in [2.75, 3.05) is 18.4 Å². The maximum atomic E-state index is 11.7. The lowest BCUT2D eigenvalue weighted by Gasteiger charge is -2.46. The van der Waals surface area contributed by atoms with Crippen LogP contribution in [0.1, 0.15) is 42.9 Å². The molecule has 0 radical (unpaired) electrons. The van der Waals surface area contributed by atoms with Crippen molar-refractivity contribution in [2.45, 2.75) is 43.9 Å². The van der Waals surface area contributed by atoms with Crippen LogP contribution >= 0.6 is 11.6 Å². The Morgan fingerprint density at radius 1 is 1.18 bits per heavy atom. The Kier molecular flexibility index (Phi) is 4.96. The number of aliphatic hydroxyl groups is 2. The minimum absolute atomic E-state index is 0.0833. The van der Waals surface area contributed by atoms with Crippen molar-refractivity contribution in [3.8, 4) is 0 Å². The molecule has 4 rings (SSSR count). The monoisotopic (exact) mass is 400 g/mol. The summed E-state index contributed by atoms with van der Waals surface area (Å²) in [6.45, 7) is 3.01. The van der Waals surface area contributed by atoms with Gasteiger partial charge in [0, 0.05) is 29.9 Å². The van der Waals surface area contributed by atoms with Crippen LogP contribution in [0.25, 0.3) is 0 Å². The van der Waals surface area contributed by atoms with E-state index in [1.54, 1.807) is 6.07 Å². The van der Waals surface area contributed by atoms with E-state index in [0.29, 0.717) is 48.6 Å². The molecule has 5 nitrogen and oxygen atoms in total. The minimum Gasteiger partial charge on any atom is -0.385 e. The number of nitrogens with one attached hydrogen (secondary N) is 1. The van der Waals surface area contributed by atoms with Gasteiger partial charge in [0.2, 0.25) is 5.91 Å². The second-order valence-corrected chi connectivity index (χ2v) is 8.11. The van der Waals surface area contributed by atoms with Crippen LogP contribution in [0.2, 0.25) is 5.02 Å². The number of hydrogen-bond acceptors (Lipinski definition) is 4. The van der Waals surface area contributed by atoms with Gasteiger partial charge in [0.15, 0.2) is 0 Å². The van der Waals surface area contributed by atoms with Crippen molar-refractivity contribution in [1.29, 1.82) is 0 Å². The van der Waals surface area contributed by atoms with Crippen molar-refractivity contribution in [2.24, 2.45) is 0 Å². The topological polar surface area (TPSA) is 72.8 Å². The minimum atomic E-state index is -1.24. The van der Waals surface area contributed by atoms with Gasteiger partial charge in [-0.25, -0.2) is 0 Å². The Bertz CT molecular complexity index is 894. The fourth-order valence-electron chi connectivity index (χ4n) is 4.44. The van der Waals surface area contributed by atoms with E-state index in [4.69, 9.17) is 11.6 Å². The van der Waals surface area contributed by atoms with Crippen LogP contribution in [0.3, 0.4) is 0 Å². The average molecular weight is 401 g/mol. The highest BCUT2D eigenvalue weighted by molar-refractivity contribution is 6.33. The fourth-order valence-corrected chi connectivity index (χ4v) is 4.83. The van der Waals surface area contributed by atoms with E-state index in [1.807, 2.05) is 48.2 Å². The highest BCUT2D eigenvalue weighted by atomic mass is 35.5.